The molecule has 0 heterocycles. The van der Waals surface area contributed by atoms with Crippen molar-refractivity contribution in [3.05, 3.63) is 11.1 Å². The van der Waals surface area contributed by atoms with Crippen LogP contribution in [0.1, 0.15) is 39.5 Å². The lowest BCUT2D eigenvalue weighted by atomic mass is 9.89. The van der Waals surface area contributed by atoms with Gasteiger partial charge in [0.2, 0.25) is 0 Å². The highest BCUT2D eigenvalue weighted by Crippen LogP contribution is 2.34. The van der Waals surface area contributed by atoms with Crippen molar-refractivity contribution in [3.63, 3.8) is 0 Å². The molecule has 17 heavy (non-hydrogen) atoms. The lowest BCUT2D eigenvalue weighted by Gasteiger charge is -2.25. The van der Waals surface area contributed by atoms with Crippen LogP contribution < -0.4 is 0 Å². The summed E-state index contributed by atoms with van der Waals surface area (Å²) >= 11 is 1.68. The molecule has 0 bridgehead atoms. The first kappa shape index (κ1) is 14.6. The maximum Gasteiger partial charge on any atom is 0.315 e. The van der Waals surface area contributed by atoms with Crippen molar-refractivity contribution in [2.45, 2.75) is 50.9 Å². The molecule has 98 valence electrons. The molecule has 0 aliphatic heterocycles. The Labute approximate surface area is 108 Å². The molecule has 0 amide bonds. The monoisotopic (exact) mass is 258 g/mol. The van der Waals surface area contributed by atoms with Crippen LogP contribution in [0.15, 0.2) is 11.1 Å². The predicted molar refractivity (Wildman–Crippen MR) is 71.1 cm³/mol. The second kappa shape index (κ2) is 7.07. The molecular weight excluding hydrogens is 236 g/mol. The van der Waals surface area contributed by atoms with Gasteiger partial charge in [-0.25, -0.2) is 0 Å². The van der Waals surface area contributed by atoms with Crippen LogP contribution in [0.25, 0.3) is 0 Å². The fraction of sp³-hybridized carbons (Fsp3) is 0.769. The number of ether oxygens (including phenoxy) is 1. The molecule has 1 aliphatic carbocycles. The van der Waals surface area contributed by atoms with Gasteiger partial charge in [0.05, 0.1) is 19.0 Å². The van der Waals surface area contributed by atoms with Gasteiger partial charge in [0, 0.05) is 5.25 Å². The molecule has 0 saturated carbocycles. The summed E-state index contributed by atoms with van der Waals surface area (Å²) in [5.74, 6) is 0.298. The smallest absolute Gasteiger partial charge is 0.315 e. The number of carbonyl (C=O) groups is 1. The molecule has 0 radical (unpaired) electrons. The summed E-state index contributed by atoms with van der Waals surface area (Å²) < 4.78 is 4.64. The molecule has 1 aliphatic rings. The summed E-state index contributed by atoms with van der Waals surface area (Å²) in [6.45, 7) is 3.97. The Morgan fingerprint density at radius 2 is 2.35 bits per heavy atom. The highest BCUT2D eigenvalue weighted by Gasteiger charge is 2.20. The van der Waals surface area contributed by atoms with Crippen molar-refractivity contribution in [1.29, 1.82) is 0 Å². The average Bonchev–Trinajstić information content (AvgIpc) is 2.28. The number of methoxy groups -OCH3 is 1. The van der Waals surface area contributed by atoms with Gasteiger partial charge in [0.25, 0.3) is 0 Å². The number of aliphatic hydroxyl groups excluding tert-OH is 1. The summed E-state index contributed by atoms with van der Waals surface area (Å²) in [6.07, 6.45) is 3.72. The highest BCUT2D eigenvalue weighted by molar-refractivity contribution is 8.00. The van der Waals surface area contributed by atoms with E-state index in [4.69, 9.17) is 0 Å². The Morgan fingerprint density at radius 3 is 2.88 bits per heavy atom. The van der Waals surface area contributed by atoms with E-state index in [0.717, 1.165) is 25.7 Å². The third kappa shape index (κ3) is 5.13. The zero-order valence-electron chi connectivity index (χ0n) is 10.9. The first-order valence-corrected chi connectivity index (χ1v) is 7.11. The average molecular weight is 258 g/mol. The van der Waals surface area contributed by atoms with Crippen LogP contribution in [0.3, 0.4) is 0 Å². The lowest BCUT2D eigenvalue weighted by molar-refractivity contribution is -0.137. The Morgan fingerprint density at radius 1 is 1.65 bits per heavy atom. The fourth-order valence-corrected chi connectivity index (χ4v) is 3.30. The number of hydrogen-bond donors (Lipinski definition) is 1. The molecule has 0 aromatic heterocycles. The van der Waals surface area contributed by atoms with Crippen molar-refractivity contribution in [2.75, 3.05) is 12.9 Å². The van der Waals surface area contributed by atoms with E-state index in [-0.39, 0.29) is 12.1 Å². The number of aliphatic hydroxyl groups is 1. The second-order valence-corrected chi connectivity index (χ2v) is 5.98. The van der Waals surface area contributed by atoms with Crippen molar-refractivity contribution in [2.24, 2.45) is 0 Å². The third-order valence-corrected chi connectivity index (χ3v) is 4.39. The summed E-state index contributed by atoms with van der Waals surface area (Å²) in [6, 6.07) is 0. The molecule has 4 heteroatoms. The number of carbonyl (C=O) groups excluding carboxylic acids is 1. The SMILES string of the molecule is COC(=O)CSC1CCC(CC(C)O)=C(C)C1. The van der Waals surface area contributed by atoms with Crippen molar-refractivity contribution >= 4 is 17.7 Å². The standard InChI is InChI=1S/C13H22O3S/c1-9-6-12(17-8-13(15)16-3)5-4-11(9)7-10(2)14/h10,12,14H,4-8H2,1-3H3. The Balaban J connectivity index is 2.41. The number of rotatable bonds is 5. The molecule has 0 aromatic rings. The minimum Gasteiger partial charge on any atom is -0.468 e. The molecule has 0 saturated heterocycles. The topological polar surface area (TPSA) is 46.5 Å². The van der Waals surface area contributed by atoms with Gasteiger partial charge < -0.3 is 9.84 Å². The van der Waals surface area contributed by atoms with Gasteiger partial charge in [-0.3, -0.25) is 4.79 Å². The summed E-state index contributed by atoms with van der Waals surface area (Å²) in [4.78, 5) is 11.1. The molecule has 1 N–H and O–H groups in total. The summed E-state index contributed by atoms with van der Waals surface area (Å²) in [5, 5.41) is 9.92. The van der Waals surface area contributed by atoms with E-state index in [1.54, 1.807) is 11.8 Å². The maximum atomic E-state index is 11.1. The van der Waals surface area contributed by atoms with Crippen LogP contribution in [0.4, 0.5) is 0 Å². The molecule has 0 spiro atoms. The highest BCUT2D eigenvalue weighted by atomic mass is 32.2. The van der Waals surface area contributed by atoms with Crippen LogP contribution >= 0.6 is 11.8 Å². The van der Waals surface area contributed by atoms with Crippen molar-refractivity contribution < 1.29 is 14.6 Å². The van der Waals surface area contributed by atoms with Gasteiger partial charge in [-0.2, -0.15) is 0 Å². The van der Waals surface area contributed by atoms with Crippen LogP contribution in [-0.4, -0.2) is 35.3 Å². The Kier molecular flexibility index (Phi) is 6.06. The molecule has 0 aromatic carbocycles. The van der Waals surface area contributed by atoms with E-state index in [9.17, 15) is 9.90 Å². The molecular formula is C13H22O3S. The molecule has 3 nitrogen and oxygen atoms in total. The van der Waals surface area contributed by atoms with E-state index < -0.39 is 0 Å². The minimum absolute atomic E-state index is 0.147. The van der Waals surface area contributed by atoms with Gasteiger partial charge in [0.1, 0.15) is 0 Å². The predicted octanol–water partition coefficient (Wildman–Crippen LogP) is 2.53. The first-order chi connectivity index (χ1) is 8.02. The Hall–Kier alpha value is -0.480. The number of allylic oxidation sites excluding steroid dienone is 1. The molecule has 2 atom stereocenters. The molecule has 2 unspecified atom stereocenters. The summed E-state index contributed by atoms with van der Waals surface area (Å²) in [5.41, 5.74) is 2.79. The number of esters is 1. The zero-order chi connectivity index (χ0) is 12.8. The van der Waals surface area contributed by atoms with Crippen LogP contribution in [0.2, 0.25) is 0 Å². The lowest BCUT2D eigenvalue weighted by Crippen LogP contribution is -2.16. The van der Waals surface area contributed by atoms with E-state index >= 15 is 0 Å². The van der Waals surface area contributed by atoms with Gasteiger partial charge in [-0.1, -0.05) is 11.1 Å². The van der Waals surface area contributed by atoms with E-state index in [1.807, 2.05) is 6.92 Å². The summed E-state index contributed by atoms with van der Waals surface area (Å²) in [7, 11) is 1.43. The van der Waals surface area contributed by atoms with Gasteiger partial charge in [-0.15, -0.1) is 11.8 Å². The first-order valence-electron chi connectivity index (χ1n) is 6.07. The van der Waals surface area contributed by atoms with Gasteiger partial charge in [-0.05, 0) is 39.5 Å². The quantitative estimate of drug-likeness (QED) is 0.608. The van der Waals surface area contributed by atoms with Crippen molar-refractivity contribution in [3.8, 4) is 0 Å². The largest absolute Gasteiger partial charge is 0.468 e. The van der Waals surface area contributed by atoms with E-state index in [0.29, 0.717) is 11.0 Å². The van der Waals surface area contributed by atoms with Crippen LogP contribution in [0.5, 0.6) is 0 Å². The van der Waals surface area contributed by atoms with Crippen LogP contribution in [-0.2, 0) is 9.53 Å². The molecule has 1 rings (SSSR count). The van der Waals surface area contributed by atoms with E-state index in [1.165, 1.54) is 18.3 Å². The number of thioether (sulfide) groups is 1. The van der Waals surface area contributed by atoms with Gasteiger partial charge >= 0.3 is 5.97 Å². The Bertz CT molecular complexity index is 297. The zero-order valence-corrected chi connectivity index (χ0v) is 11.7. The third-order valence-electron chi connectivity index (χ3n) is 3.11. The van der Waals surface area contributed by atoms with Gasteiger partial charge in [0.15, 0.2) is 0 Å². The fourth-order valence-electron chi connectivity index (χ4n) is 2.16. The second-order valence-electron chi connectivity index (χ2n) is 4.69. The van der Waals surface area contributed by atoms with Crippen LogP contribution in [0, 0.1) is 0 Å². The minimum atomic E-state index is -0.251. The number of hydrogen-bond acceptors (Lipinski definition) is 4. The van der Waals surface area contributed by atoms with E-state index in [2.05, 4.69) is 11.7 Å². The van der Waals surface area contributed by atoms with Crippen molar-refractivity contribution in [1.82, 2.24) is 0 Å². The molecule has 0 fully saturated rings. The normalized spacial score (nSPS) is 22.5. The maximum absolute atomic E-state index is 11.1.